The number of fused-ring (bicyclic) bond motifs is 1. The topological polar surface area (TPSA) is 146 Å². The van der Waals surface area contributed by atoms with Crippen molar-refractivity contribution in [3.05, 3.63) is 35.9 Å². The zero-order chi connectivity index (χ0) is 23.0. The van der Waals surface area contributed by atoms with Gasteiger partial charge in [-0.25, -0.2) is 8.42 Å². The zero-order valence-electron chi connectivity index (χ0n) is 16.0. The van der Waals surface area contributed by atoms with Crippen LogP contribution in [0.25, 0.3) is 6.08 Å². The van der Waals surface area contributed by atoms with E-state index in [1.165, 1.54) is 0 Å². The fourth-order valence-electron chi connectivity index (χ4n) is 2.76. The van der Waals surface area contributed by atoms with E-state index in [2.05, 4.69) is 14.2 Å². The maximum Gasteiger partial charge on any atom is 0.586 e. The summed E-state index contributed by atoms with van der Waals surface area (Å²) < 4.78 is 74.7. The second-order valence-corrected chi connectivity index (χ2v) is 7.70. The van der Waals surface area contributed by atoms with Gasteiger partial charge in [-0.1, -0.05) is 0 Å². The zero-order valence-corrected chi connectivity index (χ0v) is 16.8. The Kier molecular flexibility index (Phi) is 5.55. The van der Waals surface area contributed by atoms with Crippen LogP contribution in [-0.2, 0) is 14.8 Å². The molecular formula is C18H16F2N2O8S. The molecule has 13 heteroatoms. The van der Waals surface area contributed by atoms with E-state index >= 15 is 0 Å². The molecule has 0 saturated heterocycles. The van der Waals surface area contributed by atoms with Gasteiger partial charge < -0.3 is 29.8 Å². The number of alkyl halides is 2. The Morgan fingerprint density at radius 3 is 2.19 bits per heavy atom. The molecule has 2 aromatic carbocycles. The Balaban J connectivity index is 2.27. The van der Waals surface area contributed by atoms with Crippen LogP contribution in [0.4, 0.5) is 14.5 Å². The summed E-state index contributed by atoms with van der Waals surface area (Å²) in [7, 11) is -2.13. The minimum Gasteiger partial charge on any atom is -0.508 e. The molecule has 0 fully saturated rings. The van der Waals surface area contributed by atoms with Crippen LogP contribution in [0.5, 0.6) is 28.7 Å². The van der Waals surface area contributed by atoms with Crippen molar-refractivity contribution in [1.82, 2.24) is 0 Å². The number of hydrogen-bond donors (Lipinski definition) is 3. The molecule has 2 aromatic rings. The van der Waals surface area contributed by atoms with Gasteiger partial charge in [-0.15, -0.1) is 8.78 Å². The number of phenolic OH excluding ortho intramolecular Hbond substituents is 1. The molecule has 0 radical (unpaired) electrons. The Hall–Kier alpha value is -3.74. The highest BCUT2D eigenvalue weighted by molar-refractivity contribution is 7.92. The molecule has 0 unspecified atom stereocenters. The number of anilines is 1. The van der Waals surface area contributed by atoms with E-state index in [9.17, 15) is 27.1 Å². The van der Waals surface area contributed by atoms with Gasteiger partial charge in [-0.2, -0.15) is 0 Å². The van der Waals surface area contributed by atoms with E-state index < -0.39 is 39.5 Å². The van der Waals surface area contributed by atoms with Crippen LogP contribution in [0.15, 0.2) is 35.2 Å². The third-order valence-corrected chi connectivity index (χ3v) is 5.37. The van der Waals surface area contributed by atoms with Crippen molar-refractivity contribution in [3.63, 3.8) is 0 Å². The minimum absolute atomic E-state index is 0.173. The highest BCUT2D eigenvalue weighted by Gasteiger charge is 2.49. The van der Waals surface area contributed by atoms with Crippen molar-refractivity contribution < 1.29 is 46.0 Å². The lowest BCUT2D eigenvalue weighted by molar-refractivity contribution is -0.287. The standard InChI is InChI=1S/C18H16F2N2O8S/c1-27-14-11(7-8-12(21)24)13(15(28-2)17-16(14)29-18(19,20)30-17)22-31(25,26)10-5-3-9(23)4-6-10/h3-8,22-23H,1-2H3,(H2,21,24)/b8-7+. The predicted octanol–water partition coefficient (Wildman–Crippen LogP) is 2.03. The molecule has 1 aliphatic heterocycles. The third-order valence-electron chi connectivity index (χ3n) is 4.01. The van der Waals surface area contributed by atoms with Gasteiger partial charge in [-0.3, -0.25) is 9.52 Å². The van der Waals surface area contributed by atoms with Crippen LogP contribution in [0.2, 0.25) is 0 Å². The average Bonchev–Trinajstić information content (AvgIpc) is 3.00. The van der Waals surface area contributed by atoms with E-state index in [-0.39, 0.29) is 27.6 Å². The molecule has 166 valence electrons. The number of halogens is 2. The van der Waals surface area contributed by atoms with Gasteiger partial charge in [0.05, 0.1) is 19.1 Å². The van der Waals surface area contributed by atoms with Crippen LogP contribution in [0.1, 0.15) is 5.56 Å². The Labute approximate surface area is 174 Å². The lowest BCUT2D eigenvalue weighted by Crippen LogP contribution is -2.26. The number of nitrogens with two attached hydrogens (primary N) is 1. The third kappa shape index (κ3) is 4.26. The number of methoxy groups -OCH3 is 2. The van der Waals surface area contributed by atoms with Crippen LogP contribution in [0.3, 0.4) is 0 Å². The fraction of sp³-hybridized carbons (Fsp3) is 0.167. The van der Waals surface area contributed by atoms with E-state index in [1.54, 1.807) is 0 Å². The number of sulfonamides is 1. The number of benzene rings is 2. The first-order valence-electron chi connectivity index (χ1n) is 8.36. The molecule has 3 rings (SSSR count). The van der Waals surface area contributed by atoms with Crippen molar-refractivity contribution in [3.8, 4) is 28.7 Å². The van der Waals surface area contributed by atoms with Gasteiger partial charge in [0.15, 0.2) is 11.5 Å². The van der Waals surface area contributed by atoms with Crippen molar-refractivity contribution in [2.24, 2.45) is 5.73 Å². The van der Waals surface area contributed by atoms with Gasteiger partial charge in [-0.05, 0) is 30.3 Å². The molecule has 10 nitrogen and oxygen atoms in total. The maximum atomic E-state index is 13.8. The number of hydrogen-bond acceptors (Lipinski definition) is 8. The summed E-state index contributed by atoms with van der Waals surface area (Å²) in [5.74, 6) is -3.09. The number of aromatic hydroxyl groups is 1. The molecule has 4 N–H and O–H groups in total. The number of nitrogens with one attached hydrogen (secondary N) is 1. The molecule has 0 spiro atoms. The van der Waals surface area contributed by atoms with Gasteiger partial charge in [0.25, 0.3) is 10.0 Å². The molecule has 31 heavy (non-hydrogen) atoms. The van der Waals surface area contributed by atoms with Gasteiger partial charge in [0.1, 0.15) is 11.4 Å². The molecule has 0 aliphatic carbocycles. The number of carbonyl (C=O) groups is 1. The van der Waals surface area contributed by atoms with Crippen LogP contribution in [-0.4, -0.2) is 39.9 Å². The SMILES string of the molecule is COc1c(/C=C/C(N)=O)c(NS(=O)(=O)c2ccc(O)cc2)c(OC)c2c1OC(F)(F)O2. The molecule has 0 saturated carbocycles. The van der Waals surface area contributed by atoms with E-state index in [1.807, 2.05) is 0 Å². The number of primary amides is 1. The Morgan fingerprint density at radius 2 is 1.68 bits per heavy atom. The first kappa shape index (κ1) is 22.0. The second kappa shape index (κ2) is 7.83. The normalized spacial score (nSPS) is 14.5. The minimum atomic E-state index is -4.33. The quantitative estimate of drug-likeness (QED) is 0.534. The molecule has 1 heterocycles. The van der Waals surface area contributed by atoms with E-state index in [0.717, 1.165) is 50.6 Å². The highest BCUT2D eigenvalue weighted by Crippen LogP contribution is 2.58. The number of ether oxygens (including phenoxy) is 4. The Morgan fingerprint density at radius 1 is 1.13 bits per heavy atom. The van der Waals surface area contributed by atoms with E-state index in [0.29, 0.717) is 0 Å². The summed E-state index contributed by atoms with van der Waals surface area (Å²) >= 11 is 0. The lowest BCUT2D eigenvalue weighted by atomic mass is 10.1. The monoisotopic (exact) mass is 458 g/mol. The first-order chi connectivity index (χ1) is 14.5. The number of rotatable bonds is 7. The van der Waals surface area contributed by atoms with Crippen molar-refractivity contribution in [1.29, 1.82) is 0 Å². The van der Waals surface area contributed by atoms with Crippen LogP contribution < -0.4 is 29.4 Å². The van der Waals surface area contributed by atoms with Gasteiger partial charge in [0, 0.05) is 11.6 Å². The van der Waals surface area contributed by atoms with Gasteiger partial charge in [0.2, 0.25) is 17.4 Å². The smallest absolute Gasteiger partial charge is 0.508 e. The fourth-order valence-corrected chi connectivity index (χ4v) is 3.85. The summed E-state index contributed by atoms with van der Waals surface area (Å²) in [6.07, 6.45) is -2.18. The van der Waals surface area contributed by atoms with Crippen molar-refractivity contribution >= 4 is 27.7 Å². The second-order valence-electron chi connectivity index (χ2n) is 6.02. The molecule has 0 bridgehead atoms. The maximum absolute atomic E-state index is 13.8. The largest absolute Gasteiger partial charge is 0.586 e. The van der Waals surface area contributed by atoms with Crippen LogP contribution >= 0.6 is 0 Å². The van der Waals surface area contributed by atoms with Crippen molar-refractivity contribution in [2.75, 3.05) is 18.9 Å². The average molecular weight is 458 g/mol. The molecular weight excluding hydrogens is 442 g/mol. The molecule has 0 atom stereocenters. The summed E-state index contributed by atoms with van der Waals surface area (Å²) in [4.78, 5) is 11.0. The predicted molar refractivity (Wildman–Crippen MR) is 103 cm³/mol. The number of carbonyl (C=O) groups excluding carboxylic acids is 1. The summed E-state index contributed by atoms with van der Waals surface area (Å²) in [6, 6.07) is 4.50. The van der Waals surface area contributed by atoms with Crippen molar-refractivity contribution in [2.45, 2.75) is 11.2 Å². The molecule has 0 aromatic heterocycles. The summed E-state index contributed by atoms with van der Waals surface area (Å²) in [6.45, 7) is 0. The lowest BCUT2D eigenvalue weighted by Gasteiger charge is -2.19. The molecule has 1 aliphatic rings. The number of phenols is 1. The summed E-state index contributed by atoms with van der Waals surface area (Å²) in [5.41, 5.74) is 4.53. The Bertz CT molecular complexity index is 1160. The van der Waals surface area contributed by atoms with Crippen LogP contribution in [0, 0.1) is 0 Å². The molecule has 1 amide bonds. The van der Waals surface area contributed by atoms with E-state index in [4.69, 9.17) is 15.2 Å². The first-order valence-corrected chi connectivity index (χ1v) is 9.84. The number of amides is 1. The highest BCUT2D eigenvalue weighted by atomic mass is 32.2. The van der Waals surface area contributed by atoms with Gasteiger partial charge >= 0.3 is 6.29 Å². The summed E-state index contributed by atoms with van der Waals surface area (Å²) in [5, 5.41) is 9.38.